The number of benzene rings is 2. The Balaban J connectivity index is 1.75. The molecule has 1 saturated carbocycles. The largest absolute Gasteiger partial charge is 0.331 e. The van der Waals surface area contributed by atoms with Gasteiger partial charge in [0.15, 0.2) is 0 Å². The standard InChI is InChI=1S/C26H32ClN3O/c1-17(2)15-29(26(31)22-11-7-8-18(3)19(22)4)16-25-28-23-13-12-20(27)14-24(23)30(25)21-9-5-6-10-21/h7-8,11-14,17,21H,5-6,9-10,15-16H2,1-4H3. The van der Waals surface area contributed by atoms with Gasteiger partial charge in [-0.05, 0) is 68.0 Å². The van der Waals surface area contributed by atoms with Crippen LogP contribution < -0.4 is 0 Å². The first-order valence-electron chi connectivity index (χ1n) is 11.4. The monoisotopic (exact) mass is 437 g/mol. The van der Waals surface area contributed by atoms with E-state index in [1.54, 1.807) is 0 Å². The number of nitrogens with zero attached hydrogens (tertiary/aromatic N) is 3. The maximum absolute atomic E-state index is 13.6. The number of rotatable bonds is 6. The highest BCUT2D eigenvalue weighted by Crippen LogP contribution is 2.35. The summed E-state index contributed by atoms with van der Waals surface area (Å²) in [5.41, 5.74) is 5.01. The summed E-state index contributed by atoms with van der Waals surface area (Å²) in [6, 6.07) is 12.3. The molecule has 164 valence electrons. The van der Waals surface area contributed by atoms with Gasteiger partial charge in [0.2, 0.25) is 0 Å². The Morgan fingerprint density at radius 3 is 2.65 bits per heavy atom. The molecule has 0 bridgehead atoms. The lowest BCUT2D eigenvalue weighted by Crippen LogP contribution is -2.35. The molecule has 1 fully saturated rings. The number of fused-ring (bicyclic) bond motifs is 1. The van der Waals surface area contributed by atoms with Gasteiger partial charge in [0, 0.05) is 23.2 Å². The third-order valence-electron chi connectivity index (χ3n) is 6.45. The fourth-order valence-corrected chi connectivity index (χ4v) is 4.95. The fraction of sp³-hybridized carbons (Fsp3) is 0.462. The van der Waals surface area contributed by atoms with Crippen LogP contribution in [0.15, 0.2) is 36.4 Å². The topological polar surface area (TPSA) is 38.1 Å². The van der Waals surface area contributed by atoms with E-state index in [1.165, 1.54) is 12.8 Å². The van der Waals surface area contributed by atoms with Crippen LogP contribution in [0.4, 0.5) is 0 Å². The molecule has 1 amide bonds. The van der Waals surface area contributed by atoms with Gasteiger partial charge in [-0.25, -0.2) is 4.98 Å². The van der Waals surface area contributed by atoms with Crippen LogP contribution in [0.5, 0.6) is 0 Å². The summed E-state index contributed by atoms with van der Waals surface area (Å²) in [7, 11) is 0. The van der Waals surface area contributed by atoms with Crippen molar-refractivity contribution < 1.29 is 4.79 Å². The van der Waals surface area contributed by atoms with E-state index in [9.17, 15) is 4.79 Å². The Morgan fingerprint density at radius 1 is 1.19 bits per heavy atom. The first-order valence-corrected chi connectivity index (χ1v) is 11.7. The highest BCUT2D eigenvalue weighted by Gasteiger charge is 2.26. The molecule has 0 atom stereocenters. The zero-order valence-electron chi connectivity index (χ0n) is 19.0. The molecule has 0 aliphatic heterocycles. The maximum atomic E-state index is 13.6. The third kappa shape index (κ3) is 4.50. The summed E-state index contributed by atoms with van der Waals surface area (Å²) >= 11 is 6.34. The Morgan fingerprint density at radius 2 is 1.94 bits per heavy atom. The molecule has 4 rings (SSSR count). The molecule has 1 heterocycles. The van der Waals surface area contributed by atoms with Gasteiger partial charge in [-0.1, -0.05) is 50.4 Å². The number of amides is 1. The lowest BCUT2D eigenvalue weighted by atomic mass is 10.0. The first-order chi connectivity index (χ1) is 14.8. The minimum absolute atomic E-state index is 0.0814. The van der Waals surface area contributed by atoms with Crippen molar-refractivity contribution in [3.05, 3.63) is 63.9 Å². The zero-order chi connectivity index (χ0) is 22.1. The highest BCUT2D eigenvalue weighted by atomic mass is 35.5. The van der Waals surface area contributed by atoms with E-state index in [4.69, 9.17) is 16.6 Å². The summed E-state index contributed by atoms with van der Waals surface area (Å²) in [5.74, 6) is 1.41. The van der Waals surface area contributed by atoms with E-state index < -0.39 is 0 Å². The minimum atomic E-state index is 0.0814. The predicted octanol–water partition coefficient (Wildman–Crippen LogP) is 6.72. The van der Waals surface area contributed by atoms with Crippen LogP contribution >= 0.6 is 11.6 Å². The van der Waals surface area contributed by atoms with Crippen molar-refractivity contribution in [3.63, 3.8) is 0 Å². The van der Waals surface area contributed by atoms with E-state index in [1.807, 2.05) is 42.2 Å². The van der Waals surface area contributed by atoms with E-state index in [0.717, 1.165) is 51.4 Å². The van der Waals surface area contributed by atoms with Crippen molar-refractivity contribution in [2.24, 2.45) is 5.92 Å². The second-order valence-corrected chi connectivity index (χ2v) is 9.73. The molecule has 0 unspecified atom stereocenters. The molecular formula is C26H32ClN3O. The second kappa shape index (κ2) is 9.04. The molecule has 0 radical (unpaired) electrons. The van der Waals surface area contributed by atoms with Crippen molar-refractivity contribution in [2.45, 2.75) is 66.0 Å². The van der Waals surface area contributed by atoms with Gasteiger partial charge in [-0.2, -0.15) is 0 Å². The molecule has 3 aromatic rings. The number of aromatic nitrogens is 2. The number of imidazole rings is 1. The number of hydrogen-bond donors (Lipinski definition) is 0. The normalized spacial score (nSPS) is 14.6. The SMILES string of the molecule is Cc1cccc(C(=O)N(Cc2nc3ccc(Cl)cc3n2C2CCCC2)CC(C)C)c1C. The summed E-state index contributed by atoms with van der Waals surface area (Å²) < 4.78 is 2.36. The van der Waals surface area contributed by atoms with Crippen LogP contribution in [0.1, 0.15) is 72.9 Å². The van der Waals surface area contributed by atoms with Gasteiger partial charge in [0.1, 0.15) is 5.82 Å². The van der Waals surface area contributed by atoms with Gasteiger partial charge < -0.3 is 9.47 Å². The van der Waals surface area contributed by atoms with Crippen molar-refractivity contribution in [2.75, 3.05) is 6.54 Å². The summed E-state index contributed by atoms with van der Waals surface area (Å²) in [5, 5.41) is 0.726. The smallest absolute Gasteiger partial charge is 0.254 e. The zero-order valence-corrected chi connectivity index (χ0v) is 19.7. The molecule has 5 heteroatoms. The van der Waals surface area contributed by atoms with E-state index in [0.29, 0.717) is 25.0 Å². The predicted molar refractivity (Wildman–Crippen MR) is 128 cm³/mol. The molecule has 1 aliphatic rings. The molecule has 1 aliphatic carbocycles. The van der Waals surface area contributed by atoms with Crippen LogP contribution in [0.3, 0.4) is 0 Å². The fourth-order valence-electron chi connectivity index (χ4n) is 4.78. The van der Waals surface area contributed by atoms with Crippen LogP contribution in [0, 0.1) is 19.8 Å². The number of carbonyl (C=O) groups excluding carboxylic acids is 1. The molecule has 0 saturated heterocycles. The Labute approximate surface area is 190 Å². The number of aryl methyl sites for hydroxylation is 1. The van der Waals surface area contributed by atoms with E-state index >= 15 is 0 Å². The van der Waals surface area contributed by atoms with Crippen molar-refractivity contribution in [1.82, 2.24) is 14.5 Å². The van der Waals surface area contributed by atoms with Crippen molar-refractivity contribution in [1.29, 1.82) is 0 Å². The van der Waals surface area contributed by atoms with Gasteiger partial charge in [0.25, 0.3) is 5.91 Å². The Hall–Kier alpha value is -2.33. The van der Waals surface area contributed by atoms with Crippen LogP contribution in [0.2, 0.25) is 5.02 Å². The molecule has 31 heavy (non-hydrogen) atoms. The number of carbonyl (C=O) groups is 1. The highest BCUT2D eigenvalue weighted by molar-refractivity contribution is 6.31. The van der Waals surface area contributed by atoms with E-state index in [-0.39, 0.29) is 5.91 Å². The Bertz CT molecular complexity index is 1100. The van der Waals surface area contributed by atoms with E-state index in [2.05, 4.69) is 31.4 Å². The number of halogens is 1. The van der Waals surface area contributed by atoms with Crippen LogP contribution in [0.25, 0.3) is 11.0 Å². The number of hydrogen-bond acceptors (Lipinski definition) is 2. The Kier molecular flexibility index (Phi) is 6.38. The second-order valence-electron chi connectivity index (χ2n) is 9.30. The van der Waals surface area contributed by atoms with Crippen molar-refractivity contribution >= 4 is 28.5 Å². The van der Waals surface area contributed by atoms with Gasteiger partial charge in [-0.15, -0.1) is 0 Å². The van der Waals surface area contributed by atoms with Gasteiger partial charge >= 0.3 is 0 Å². The lowest BCUT2D eigenvalue weighted by molar-refractivity contribution is 0.0714. The van der Waals surface area contributed by atoms with Crippen LogP contribution in [-0.4, -0.2) is 26.9 Å². The molecule has 0 spiro atoms. The van der Waals surface area contributed by atoms with Gasteiger partial charge in [0.05, 0.1) is 17.6 Å². The summed E-state index contributed by atoms with van der Waals surface area (Å²) in [6.07, 6.45) is 4.78. The molecule has 0 N–H and O–H groups in total. The van der Waals surface area contributed by atoms with Crippen LogP contribution in [-0.2, 0) is 6.54 Å². The minimum Gasteiger partial charge on any atom is -0.331 e. The van der Waals surface area contributed by atoms with Crippen molar-refractivity contribution in [3.8, 4) is 0 Å². The average molecular weight is 438 g/mol. The first kappa shape index (κ1) is 21.9. The lowest BCUT2D eigenvalue weighted by Gasteiger charge is -2.27. The third-order valence-corrected chi connectivity index (χ3v) is 6.69. The quantitative estimate of drug-likeness (QED) is 0.429. The average Bonchev–Trinajstić information content (AvgIpc) is 3.36. The van der Waals surface area contributed by atoms with Gasteiger partial charge in [-0.3, -0.25) is 4.79 Å². The molecule has 4 nitrogen and oxygen atoms in total. The summed E-state index contributed by atoms with van der Waals surface area (Å²) in [4.78, 5) is 20.6. The molecule has 2 aromatic carbocycles. The molecule has 1 aromatic heterocycles. The maximum Gasteiger partial charge on any atom is 0.254 e. The molecular weight excluding hydrogens is 406 g/mol. The summed E-state index contributed by atoms with van der Waals surface area (Å²) in [6.45, 7) is 9.61.